The van der Waals surface area contributed by atoms with Crippen molar-refractivity contribution in [3.05, 3.63) is 112 Å². The molecule has 6 heteroatoms. The minimum atomic E-state index is -0.670. The van der Waals surface area contributed by atoms with Gasteiger partial charge in [0.05, 0.1) is 4.47 Å². The molecule has 4 aromatic rings. The molecule has 5 rings (SSSR count). The number of aryl methyl sites for hydroxylation is 1. The molecule has 212 valence electrons. The summed E-state index contributed by atoms with van der Waals surface area (Å²) in [6, 6.07) is 29.4. The standard InChI is InChI=1S/C35H37BrN2O3/c1-25-16-18-27(19-17-25)23-38(33(39)24-41-32-21-20-28-12-8-9-15-30(28)34(32)36)31(22-26-10-4-2-5-11-26)35(40)37-29-13-6-3-7-14-29/h2,4-5,8-12,15-21,29,31H,3,6-7,13-14,22-24H2,1H3,(H,37,40)/t31-/m1/s1. The number of amides is 2. The molecule has 0 unspecified atom stereocenters. The second-order valence-electron chi connectivity index (χ2n) is 10.9. The minimum absolute atomic E-state index is 0.104. The summed E-state index contributed by atoms with van der Waals surface area (Å²) < 4.78 is 6.91. The summed E-state index contributed by atoms with van der Waals surface area (Å²) in [5.41, 5.74) is 3.13. The Morgan fingerprint density at radius 1 is 0.878 bits per heavy atom. The molecule has 1 aliphatic rings. The summed E-state index contributed by atoms with van der Waals surface area (Å²) >= 11 is 3.67. The Labute approximate surface area is 251 Å². The summed E-state index contributed by atoms with van der Waals surface area (Å²) in [5.74, 6) is 0.261. The van der Waals surface area contributed by atoms with Crippen LogP contribution in [-0.2, 0) is 22.6 Å². The minimum Gasteiger partial charge on any atom is -0.483 e. The van der Waals surface area contributed by atoms with Crippen molar-refractivity contribution in [1.82, 2.24) is 10.2 Å². The van der Waals surface area contributed by atoms with Crippen LogP contribution in [0.2, 0.25) is 0 Å². The molecular weight excluding hydrogens is 576 g/mol. The van der Waals surface area contributed by atoms with Crippen molar-refractivity contribution in [2.45, 2.75) is 64.1 Å². The van der Waals surface area contributed by atoms with E-state index in [1.807, 2.05) is 97.9 Å². The summed E-state index contributed by atoms with van der Waals surface area (Å²) in [6.45, 7) is 2.18. The second-order valence-corrected chi connectivity index (χ2v) is 11.7. The molecular formula is C35H37BrN2O3. The number of nitrogens with one attached hydrogen (secondary N) is 1. The number of hydrogen-bond donors (Lipinski definition) is 1. The van der Waals surface area contributed by atoms with Gasteiger partial charge >= 0.3 is 0 Å². The van der Waals surface area contributed by atoms with E-state index in [1.54, 1.807) is 4.90 Å². The Bertz CT molecular complexity index is 1470. The van der Waals surface area contributed by atoms with Crippen molar-refractivity contribution >= 4 is 38.5 Å². The second kappa shape index (κ2) is 13.8. The molecule has 2 amide bonds. The van der Waals surface area contributed by atoms with Crippen LogP contribution in [0.4, 0.5) is 0 Å². The number of carbonyl (C=O) groups excluding carboxylic acids is 2. The van der Waals surface area contributed by atoms with E-state index in [-0.39, 0.29) is 24.5 Å². The molecule has 0 radical (unpaired) electrons. The zero-order chi connectivity index (χ0) is 28.6. The first-order valence-corrected chi connectivity index (χ1v) is 15.3. The number of ether oxygens (including phenoxy) is 1. The fraction of sp³-hybridized carbons (Fsp3) is 0.314. The zero-order valence-electron chi connectivity index (χ0n) is 23.5. The van der Waals surface area contributed by atoms with Gasteiger partial charge in [0.2, 0.25) is 5.91 Å². The van der Waals surface area contributed by atoms with Gasteiger partial charge in [-0.25, -0.2) is 0 Å². The van der Waals surface area contributed by atoms with Crippen molar-refractivity contribution in [2.24, 2.45) is 0 Å². The summed E-state index contributed by atoms with van der Waals surface area (Å²) in [6.07, 6.45) is 5.84. The van der Waals surface area contributed by atoms with Gasteiger partial charge in [0.25, 0.3) is 5.91 Å². The highest BCUT2D eigenvalue weighted by Crippen LogP contribution is 2.33. The molecule has 0 aromatic heterocycles. The SMILES string of the molecule is Cc1ccc(CN(C(=O)COc2ccc3ccccc3c2Br)[C@H](Cc2ccccc2)C(=O)NC2CCCCC2)cc1. The Balaban J connectivity index is 1.42. The van der Waals surface area contributed by atoms with Crippen LogP contribution in [-0.4, -0.2) is 35.4 Å². The summed E-state index contributed by atoms with van der Waals surface area (Å²) in [7, 11) is 0. The Kier molecular flexibility index (Phi) is 9.73. The van der Waals surface area contributed by atoms with E-state index in [0.717, 1.165) is 57.6 Å². The third-order valence-corrected chi connectivity index (χ3v) is 8.69. The maximum Gasteiger partial charge on any atom is 0.261 e. The van der Waals surface area contributed by atoms with Crippen molar-refractivity contribution in [2.75, 3.05) is 6.61 Å². The third-order valence-electron chi connectivity index (χ3n) is 7.88. The molecule has 0 bridgehead atoms. The fourth-order valence-electron chi connectivity index (χ4n) is 5.54. The van der Waals surface area contributed by atoms with Gasteiger partial charge in [0.15, 0.2) is 6.61 Å². The number of hydrogen-bond acceptors (Lipinski definition) is 3. The van der Waals surface area contributed by atoms with Gasteiger partial charge in [-0.3, -0.25) is 9.59 Å². The van der Waals surface area contributed by atoms with Crippen LogP contribution in [0.3, 0.4) is 0 Å². The summed E-state index contributed by atoms with van der Waals surface area (Å²) in [4.78, 5) is 29.6. The van der Waals surface area contributed by atoms with Gasteiger partial charge in [-0.1, -0.05) is 110 Å². The molecule has 1 fully saturated rings. The lowest BCUT2D eigenvalue weighted by molar-refractivity contribution is -0.143. The van der Waals surface area contributed by atoms with Gasteiger partial charge in [-0.2, -0.15) is 0 Å². The summed E-state index contributed by atoms with van der Waals surface area (Å²) in [5, 5.41) is 5.39. The van der Waals surface area contributed by atoms with Crippen LogP contribution in [0.25, 0.3) is 10.8 Å². The van der Waals surface area contributed by atoms with Crippen LogP contribution in [0, 0.1) is 6.92 Å². The topological polar surface area (TPSA) is 58.6 Å². The smallest absolute Gasteiger partial charge is 0.261 e. The number of fused-ring (bicyclic) bond motifs is 1. The first-order chi connectivity index (χ1) is 20.0. The van der Waals surface area contributed by atoms with Crippen molar-refractivity contribution < 1.29 is 14.3 Å². The Morgan fingerprint density at radius 3 is 2.34 bits per heavy atom. The normalized spacial score (nSPS) is 14.4. The van der Waals surface area contributed by atoms with Crippen molar-refractivity contribution in [3.8, 4) is 5.75 Å². The number of rotatable bonds is 10. The number of benzene rings is 4. The van der Waals surface area contributed by atoms with E-state index >= 15 is 0 Å². The van der Waals surface area contributed by atoms with E-state index in [9.17, 15) is 9.59 Å². The predicted molar refractivity (Wildman–Crippen MR) is 168 cm³/mol. The molecule has 41 heavy (non-hydrogen) atoms. The number of halogens is 1. The predicted octanol–water partition coefficient (Wildman–Crippen LogP) is 7.38. The highest BCUT2D eigenvalue weighted by molar-refractivity contribution is 9.10. The Morgan fingerprint density at radius 2 is 1.59 bits per heavy atom. The molecule has 0 saturated heterocycles. The van der Waals surface area contributed by atoms with E-state index in [0.29, 0.717) is 18.7 Å². The van der Waals surface area contributed by atoms with Gasteiger partial charge < -0.3 is 15.0 Å². The monoisotopic (exact) mass is 612 g/mol. The Hall–Kier alpha value is -3.64. The molecule has 0 aliphatic heterocycles. The molecule has 1 N–H and O–H groups in total. The molecule has 1 atom stereocenters. The average molecular weight is 614 g/mol. The lowest BCUT2D eigenvalue weighted by Gasteiger charge is -2.33. The first kappa shape index (κ1) is 28.9. The molecule has 1 saturated carbocycles. The van der Waals surface area contributed by atoms with Crippen LogP contribution in [0.5, 0.6) is 5.75 Å². The van der Waals surface area contributed by atoms with E-state index in [1.165, 1.54) is 6.42 Å². The highest BCUT2D eigenvalue weighted by atomic mass is 79.9. The number of nitrogens with zero attached hydrogens (tertiary/aromatic N) is 1. The lowest BCUT2D eigenvalue weighted by atomic mass is 9.94. The third kappa shape index (κ3) is 7.56. The van der Waals surface area contributed by atoms with Crippen molar-refractivity contribution in [1.29, 1.82) is 0 Å². The first-order valence-electron chi connectivity index (χ1n) is 14.5. The average Bonchev–Trinajstić information content (AvgIpc) is 3.00. The van der Waals surface area contributed by atoms with E-state index in [2.05, 4.69) is 21.2 Å². The molecule has 0 heterocycles. The maximum atomic E-state index is 14.0. The van der Waals surface area contributed by atoms with Gasteiger partial charge in [0.1, 0.15) is 11.8 Å². The van der Waals surface area contributed by atoms with Crippen LogP contribution in [0.15, 0.2) is 95.5 Å². The van der Waals surface area contributed by atoms with E-state index in [4.69, 9.17) is 4.74 Å². The maximum absolute atomic E-state index is 14.0. The quantitative estimate of drug-likeness (QED) is 0.203. The van der Waals surface area contributed by atoms with Gasteiger partial charge in [-0.05, 0) is 63.7 Å². The van der Waals surface area contributed by atoms with Crippen molar-refractivity contribution in [3.63, 3.8) is 0 Å². The fourth-order valence-corrected chi connectivity index (χ4v) is 6.14. The van der Waals surface area contributed by atoms with Crippen LogP contribution < -0.4 is 10.1 Å². The van der Waals surface area contributed by atoms with E-state index < -0.39 is 6.04 Å². The number of carbonyl (C=O) groups is 2. The molecule has 4 aromatic carbocycles. The highest BCUT2D eigenvalue weighted by Gasteiger charge is 2.32. The molecule has 0 spiro atoms. The van der Waals surface area contributed by atoms with Crippen LogP contribution in [0.1, 0.15) is 48.8 Å². The van der Waals surface area contributed by atoms with Crippen LogP contribution >= 0.6 is 15.9 Å². The molecule has 1 aliphatic carbocycles. The van der Waals surface area contributed by atoms with Gasteiger partial charge in [0, 0.05) is 19.0 Å². The lowest BCUT2D eigenvalue weighted by Crippen LogP contribution is -2.53. The largest absolute Gasteiger partial charge is 0.483 e. The zero-order valence-corrected chi connectivity index (χ0v) is 25.1. The van der Waals surface area contributed by atoms with Gasteiger partial charge in [-0.15, -0.1) is 0 Å². The molecule has 5 nitrogen and oxygen atoms in total.